The highest BCUT2D eigenvalue weighted by Crippen LogP contribution is 2.24. The average Bonchev–Trinajstić information content (AvgIpc) is 2.79. The number of thiazole rings is 1. The third kappa shape index (κ3) is 5.66. The number of ether oxygens (including phenoxy) is 2. The van der Waals surface area contributed by atoms with Gasteiger partial charge in [0.1, 0.15) is 0 Å². The van der Waals surface area contributed by atoms with Crippen LogP contribution in [0.4, 0.5) is 0 Å². The van der Waals surface area contributed by atoms with Crippen LogP contribution in [0.15, 0.2) is 0 Å². The van der Waals surface area contributed by atoms with Gasteiger partial charge in [-0.3, -0.25) is 0 Å². The molecule has 1 fully saturated rings. The molecule has 120 valence electrons. The molecule has 21 heavy (non-hydrogen) atoms. The highest BCUT2D eigenvalue weighted by Gasteiger charge is 2.19. The van der Waals surface area contributed by atoms with Gasteiger partial charge >= 0.3 is 0 Å². The minimum absolute atomic E-state index is 0.112. The maximum Gasteiger partial charge on any atom is 0.0958 e. The molecular weight excluding hydrogens is 284 g/mol. The molecule has 0 radical (unpaired) electrons. The maximum absolute atomic E-state index is 5.82. The Morgan fingerprint density at radius 2 is 2.19 bits per heavy atom. The quantitative estimate of drug-likeness (QED) is 0.875. The molecule has 1 N–H and O–H groups in total. The van der Waals surface area contributed by atoms with Crippen LogP contribution in [0.2, 0.25) is 0 Å². The average molecular weight is 312 g/mol. The molecule has 2 heterocycles. The van der Waals surface area contributed by atoms with Crippen molar-refractivity contribution in [2.75, 3.05) is 13.7 Å². The number of nitrogens with zero attached hydrogens (tertiary/aromatic N) is 1. The van der Waals surface area contributed by atoms with Crippen molar-refractivity contribution in [1.82, 2.24) is 10.3 Å². The monoisotopic (exact) mass is 312 g/mol. The number of rotatable bonds is 6. The van der Waals surface area contributed by atoms with Crippen LogP contribution in [-0.4, -0.2) is 30.3 Å². The smallest absolute Gasteiger partial charge is 0.0958 e. The standard InChI is InChI=1S/C16H28N2O2S/c1-16(2,3)17-10-14-13(11-19-4)18-15(21-14)9-12-7-5-6-8-20-12/h12,17H,5-11H2,1-4H3. The van der Waals surface area contributed by atoms with Crippen molar-refractivity contribution in [1.29, 1.82) is 0 Å². The molecule has 1 aliphatic rings. The van der Waals surface area contributed by atoms with E-state index in [0.29, 0.717) is 12.7 Å². The molecule has 0 bridgehead atoms. The molecule has 0 amide bonds. The summed E-state index contributed by atoms with van der Waals surface area (Å²) in [6, 6.07) is 0. The molecule has 1 saturated heterocycles. The van der Waals surface area contributed by atoms with E-state index >= 15 is 0 Å². The van der Waals surface area contributed by atoms with Crippen molar-refractivity contribution >= 4 is 11.3 Å². The van der Waals surface area contributed by atoms with Gasteiger partial charge < -0.3 is 14.8 Å². The molecule has 0 saturated carbocycles. The van der Waals surface area contributed by atoms with Crippen LogP contribution in [0.5, 0.6) is 0 Å². The van der Waals surface area contributed by atoms with E-state index in [9.17, 15) is 0 Å². The highest BCUT2D eigenvalue weighted by molar-refractivity contribution is 7.11. The van der Waals surface area contributed by atoms with Gasteiger partial charge in [-0.1, -0.05) is 0 Å². The van der Waals surface area contributed by atoms with Crippen molar-refractivity contribution < 1.29 is 9.47 Å². The Bertz CT molecular complexity index is 434. The van der Waals surface area contributed by atoms with Crippen molar-refractivity contribution in [3.63, 3.8) is 0 Å². The normalized spacial score (nSPS) is 19.9. The van der Waals surface area contributed by atoms with Crippen molar-refractivity contribution in [3.05, 3.63) is 15.6 Å². The molecule has 0 spiro atoms. The van der Waals surface area contributed by atoms with Crippen LogP contribution in [0.1, 0.15) is 55.6 Å². The molecule has 1 aliphatic heterocycles. The lowest BCUT2D eigenvalue weighted by Crippen LogP contribution is -2.35. The van der Waals surface area contributed by atoms with E-state index in [0.717, 1.165) is 31.7 Å². The minimum Gasteiger partial charge on any atom is -0.378 e. The van der Waals surface area contributed by atoms with E-state index in [2.05, 4.69) is 26.1 Å². The summed E-state index contributed by atoms with van der Waals surface area (Å²) in [7, 11) is 1.73. The molecule has 4 nitrogen and oxygen atoms in total. The van der Waals surface area contributed by atoms with Gasteiger partial charge in [0.2, 0.25) is 0 Å². The van der Waals surface area contributed by atoms with Crippen LogP contribution in [0.3, 0.4) is 0 Å². The number of methoxy groups -OCH3 is 1. The van der Waals surface area contributed by atoms with Crippen LogP contribution in [0.25, 0.3) is 0 Å². The summed E-state index contributed by atoms with van der Waals surface area (Å²) in [6.45, 7) is 8.89. The lowest BCUT2D eigenvalue weighted by atomic mass is 10.1. The molecule has 1 aromatic rings. The van der Waals surface area contributed by atoms with Crippen molar-refractivity contribution in [2.45, 2.75) is 71.2 Å². The Balaban J connectivity index is 2.01. The Labute approximate surface area is 132 Å². The van der Waals surface area contributed by atoms with Crippen molar-refractivity contribution in [2.24, 2.45) is 0 Å². The Hall–Kier alpha value is -0.490. The SMILES string of the molecule is COCc1nc(CC2CCCCO2)sc1CNC(C)(C)C. The largest absolute Gasteiger partial charge is 0.378 e. The van der Waals surface area contributed by atoms with E-state index in [1.165, 1.54) is 22.7 Å². The summed E-state index contributed by atoms with van der Waals surface area (Å²) in [4.78, 5) is 6.06. The fraction of sp³-hybridized carbons (Fsp3) is 0.812. The number of hydrogen-bond donors (Lipinski definition) is 1. The van der Waals surface area contributed by atoms with Gasteiger partial charge in [-0.05, 0) is 40.0 Å². The number of nitrogens with one attached hydrogen (secondary N) is 1. The van der Waals surface area contributed by atoms with E-state index in [4.69, 9.17) is 14.5 Å². The summed E-state index contributed by atoms with van der Waals surface area (Å²) in [5.41, 5.74) is 1.19. The molecule has 1 aromatic heterocycles. The first kappa shape index (κ1) is 16.9. The lowest BCUT2D eigenvalue weighted by Gasteiger charge is -2.21. The molecule has 0 aromatic carbocycles. The summed E-state index contributed by atoms with van der Waals surface area (Å²) in [5.74, 6) is 0. The van der Waals surface area contributed by atoms with E-state index in [1.807, 2.05) is 0 Å². The third-order valence-corrected chi connectivity index (χ3v) is 4.68. The summed E-state index contributed by atoms with van der Waals surface area (Å²) >= 11 is 1.80. The second-order valence-electron chi connectivity index (χ2n) is 6.71. The molecule has 1 unspecified atom stereocenters. The minimum atomic E-state index is 0.112. The van der Waals surface area contributed by atoms with E-state index in [-0.39, 0.29) is 5.54 Å². The predicted octanol–water partition coefficient (Wildman–Crippen LogP) is 3.29. The molecule has 0 aliphatic carbocycles. The van der Waals surface area contributed by atoms with E-state index in [1.54, 1.807) is 18.4 Å². The van der Waals surface area contributed by atoms with E-state index < -0.39 is 0 Å². The van der Waals surface area contributed by atoms with Gasteiger partial charge in [0.25, 0.3) is 0 Å². The Kier molecular flexibility index (Phi) is 6.17. The van der Waals surface area contributed by atoms with Gasteiger partial charge in [-0.2, -0.15) is 0 Å². The number of hydrogen-bond acceptors (Lipinski definition) is 5. The topological polar surface area (TPSA) is 43.4 Å². The maximum atomic E-state index is 5.82. The summed E-state index contributed by atoms with van der Waals surface area (Å²) in [5, 5.41) is 4.72. The van der Waals surface area contributed by atoms with Gasteiger partial charge in [0.15, 0.2) is 0 Å². The Morgan fingerprint density at radius 1 is 1.38 bits per heavy atom. The third-order valence-electron chi connectivity index (χ3n) is 3.56. The van der Waals surface area contributed by atoms with Gasteiger partial charge in [-0.15, -0.1) is 11.3 Å². The van der Waals surface area contributed by atoms with Crippen LogP contribution < -0.4 is 5.32 Å². The first-order valence-electron chi connectivity index (χ1n) is 7.81. The molecule has 2 rings (SSSR count). The predicted molar refractivity (Wildman–Crippen MR) is 86.7 cm³/mol. The first-order valence-corrected chi connectivity index (χ1v) is 8.62. The van der Waals surface area contributed by atoms with Crippen LogP contribution in [0, 0.1) is 0 Å². The molecular formula is C16H28N2O2S. The van der Waals surface area contributed by atoms with Crippen LogP contribution in [-0.2, 0) is 29.0 Å². The summed E-state index contributed by atoms with van der Waals surface area (Å²) in [6.07, 6.45) is 4.93. The zero-order valence-corrected chi connectivity index (χ0v) is 14.5. The van der Waals surface area contributed by atoms with Gasteiger partial charge in [0.05, 0.1) is 23.4 Å². The second kappa shape index (κ2) is 7.68. The van der Waals surface area contributed by atoms with Crippen molar-refractivity contribution in [3.8, 4) is 0 Å². The van der Waals surface area contributed by atoms with Gasteiger partial charge in [-0.25, -0.2) is 4.98 Å². The zero-order valence-electron chi connectivity index (χ0n) is 13.7. The second-order valence-corrected chi connectivity index (χ2v) is 7.87. The zero-order chi connectivity index (χ0) is 15.3. The lowest BCUT2D eigenvalue weighted by molar-refractivity contribution is 0.0167. The molecule has 5 heteroatoms. The molecule has 1 atom stereocenters. The first-order chi connectivity index (χ1) is 9.98. The number of aromatic nitrogens is 1. The highest BCUT2D eigenvalue weighted by atomic mass is 32.1. The van der Waals surface area contributed by atoms with Crippen LogP contribution >= 0.6 is 11.3 Å². The Morgan fingerprint density at radius 3 is 2.81 bits per heavy atom. The fourth-order valence-electron chi connectivity index (χ4n) is 2.42. The fourth-order valence-corrected chi connectivity index (χ4v) is 3.50. The summed E-state index contributed by atoms with van der Waals surface area (Å²) < 4.78 is 11.1. The van der Waals surface area contributed by atoms with Gasteiger partial charge in [0, 0.05) is 37.1 Å².